The molecule has 104 heavy (non-hydrogen) atoms. The van der Waals surface area contributed by atoms with E-state index in [0.29, 0.717) is 78.3 Å². The molecule has 5 rings (SSSR count). The predicted octanol–water partition coefficient (Wildman–Crippen LogP) is 6.13. The lowest BCUT2D eigenvalue weighted by Gasteiger charge is -2.41. The smallest absolute Gasteiger partial charge is 0.312 e. The predicted molar refractivity (Wildman–Crippen MR) is 398 cm³/mol. The van der Waals surface area contributed by atoms with Crippen molar-refractivity contribution in [2.75, 3.05) is 85.5 Å². The lowest BCUT2D eigenvalue weighted by atomic mass is 9.89. The van der Waals surface area contributed by atoms with Crippen molar-refractivity contribution in [3.8, 4) is 0 Å². The molecule has 1 saturated heterocycles. The third-order valence-electron chi connectivity index (χ3n) is 18.8. The van der Waals surface area contributed by atoms with E-state index in [2.05, 4.69) is 52.5 Å². The largest absolute Gasteiger partial charge is 0.379 e. The first-order valence-corrected chi connectivity index (χ1v) is 36.5. The van der Waals surface area contributed by atoms with Crippen LogP contribution in [0.15, 0.2) is 79.1 Å². The molecule has 0 radical (unpaired) electrons. The molecule has 4 aromatic rings. The molecule has 29 heteroatoms. The fourth-order valence-electron chi connectivity index (χ4n) is 13.0. The third-order valence-corrected chi connectivity index (χ3v) is 19.1. The number of halogens is 1. The molecule has 10 N–H and O–H groups in total. The summed E-state index contributed by atoms with van der Waals surface area (Å²) in [4.78, 5) is 150. The average molecular weight is 1470 g/mol. The van der Waals surface area contributed by atoms with Gasteiger partial charge in [-0.15, -0.1) is 0 Å². The summed E-state index contributed by atoms with van der Waals surface area (Å²) in [6, 6.07) is 14.8. The van der Waals surface area contributed by atoms with Crippen LogP contribution in [0, 0.1) is 29.6 Å². The molecule has 574 valence electrons. The zero-order valence-electron chi connectivity index (χ0n) is 63.0. The van der Waals surface area contributed by atoms with E-state index in [1.165, 1.54) is 20.5 Å². The van der Waals surface area contributed by atoms with E-state index >= 15 is 0 Å². The summed E-state index contributed by atoms with van der Waals surface area (Å²) in [7, 11) is 8.40. The Kier molecular flexibility index (Phi) is 36.3. The van der Waals surface area contributed by atoms with Crippen LogP contribution in [0.25, 0.3) is 10.9 Å². The van der Waals surface area contributed by atoms with E-state index in [-0.39, 0.29) is 106 Å². The maximum Gasteiger partial charge on any atom is 0.312 e. The number of fused-ring (bicyclic) bond motifs is 1. The van der Waals surface area contributed by atoms with Gasteiger partial charge in [-0.05, 0) is 118 Å². The highest BCUT2D eigenvalue weighted by Crippen LogP contribution is 2.31. The van der Waals surface area contributed by atoms with Gasteiger partial charge >= 0.3 is 6.03 Å². The van der Waals surface area contributed by atoms with E-state index in [1.807, 2.05) is 90.9 Å². The number of hydrogen-bond donors (Lipinski definition) is 9. The summed E-state index contributed by atoms with van der Waals surface area (Å²) in [6.07, 6.45) is 3.60. The van der Waals surface area contributed by atoms with Crippen LogP contribution in [0.2, 0.25) is 5.15 Å². The first-order valence-electron chi connectivity index (χ1n) is 36.1. The monoisotopic (exact) mass is 1470 g/mol. The van der Waals surface area contributed by atoms with Gasteiger partial charge in [-0.25, -0.2) is 14.8 Å². The van der Waals surface area contributed by atoms with Gasteiger partial charge in [0.2, 0.25) is 53.2 Å². The normalized spacial score (nSPS) is 15.9. The highest BCUT2D eigenvalue weighted by molar-refractivity contribution is 6.34. The van der Waals surface area contributed by atoms with Crippen LogP contribution in [0.1, 0.15) is 131 Å². The van der Waals surface area contributed by atoms with Gasteiger partial charge in [0, 0.05) is 77.1 Å². The second kappa shape index (κ2) is 43.8. The number of rotatable bonds is 44. The summed E-state index contributed by atoms with van der Waals surface area (Å²) in [5, 5.41) is 23.6. The summed E-state index contributed by atoms with van der Waals surface area (Å²) >= 11 is 6.17. The van der Waals surface area contributed by atoms with Gasteiger partial charge < -0.3 is 77.0 Å². The Morgan fingerprint density at radius 2 is 1.34 bits per heavy atom. The number of methoxy groups -OCH3 is 2. The number of likely N-dealkylation sites (tertiary alicyclic amines) is 1. The standard InChI is InChI=1S/C75H113ClN14O14/c1-15-48(8)66(89(12)74(99)64(46(4)5)87-73(98)65(47(6)7)88(10)11)59(101-13)41-62(93)90-35-22-26-58(90)67(102-14)49(9)69(94)85-57(39-50-23-17-16-18-24-50)70(95)79-42-51-28-30-52(31-29-51)83-71(96)56(25-21-34-78-75(77)100)84-72(97)63(45(2)3)86-61(92)43-104-38-37-103-36-20-19-27-60(91)82-53-32-33-55-54(40-53)68(76)81-44-80-55/h16-18,23-24,28-33,40,44-49,56-59,63-67H,15,19-22,25-27,34-39,41-43H2,1-14H3,(H,79,95)(H,82,91)(H,83,96)(H,84,97)(H,85,94)(H,86,92)(H,87,98)(H3,77,78,100)/t48-,49+,56-,57-,58-,59+,63-,64-,65-,66-,67+/m0/s1. The lowest BCUT2D eigenvalue weighted by Crippen LogP contribution is -2.59. The molecular weight excluding hydrogens is 1360 g/mol. The first kappa shape index (κ1) is 86.2. The number of nitrogens with zero attached hydrogens (tertiary/aromatic N) is 5. The minimum absolute atomic E-state index is 0.00831. The number of nitrogens with two attached hydrogens (primary N) is 1. The molecule has 1 aliphatic heterocycles. The fraction of sp³-hybridized carbons (Fsp3) is 0.600. The minimum Gasteiger partial charge on any atom is -0.379 e. The first-order chi connectivity index (χ1) is 49.5. The van der Waals surface area contributed by atoms with Crippen molar-refractivity contribution in [1.82, 2.24) is 56.6 Å². The molecule has 0 unspecified atom stereocenters. The number of carbonyl (C=O) groups is 10. The Morgan fingerprint density at radius 1 is 0.663 bits per heavy atom. The van der Waals surface area contributed by atoms with Crippen LogP contribution < -0.4 is 48.3 Å². The maximum atomic E-state index is 14.7. The van der Waals surface area contributed by atoms with Crippen molar-refractivity contribution >= 4 is 93.1 Å². The Morgan fingerprint density at radius 3 is 1.97 bits per heavy atom. The number of benzene rings is 3. The molecule has 1 aromatic heterocycles. The van der Waals surface area contributed by atoms with Gasteiger partial charge in [-0.2, -0.15) is 0 Å². The third kappa shape index (κ3) is 26.9. The van der Waals surface area contributed by atoms with Crippen LogP contribution in [-0.2, 0) is 75.1 Å². The number of unbranched alkanes of at least 4 members (excludes halogenated alkanes) is 1. The second-order valence-corrected chi connectivity index (χ2v) is 28.3. The summed E-state index contributed by atoms with van der Waals surface area (Å²) < 4.78 is 23.4. The fourth-order valence-corrected chi connectivity index (χ4v) is 13.2. The van der Waals surface area contributed by atoms with E-state index < -0.39 is 102 Å². The highest BCUT2D eigenvalue weighted by Gasteiger charge is 2.44. The Bertz CT molecular complexity index is 3430. The molecule has 11 amide bonds. The number of hydrogen-bond acceptors (Lipinski definition) is 17. The number of likely N-dealkylation sites (N-methyl/N-ethyl adjacent to an activating group) is 2. The number of amides is 11. The zero-order chi connectivity index (χ0) is 76.7. The van der Waals surface area contributed by atoms with E-state index in [0.717, 1.165) is 5.56 Å². The van der Waals surface area contributed by atoms with Crippen molar-refractivity contribution < 1.29 is 66.9 Å². The van der Waals surface area contributed by atoms with Gasteiger partial charge in [-0.1, -0.05) is 123 Å². The highest BCUT2D eigenvalue weighted by atomic mass is 35.5. The van der Waals surface area contributed by atoms with Crippen LogP contribution in [0.3, 0.4) is 0 Å². The Hall–Kier alpha value is -8.41. The van der Waals surface area contributed by atoms with Crippen LogP contribution in [0.5, 0.6) is 0 Å². The number of nitrogens with one attached hydrogen (secondary N) is 8. The minimum atomic E-state index is -1.12. The Labute approximate surface area is 617 Å². The molecule has 3 aromatic carbocycles. The number of carbonyl (C=O) groups excluding carboxylic acids is 10. The zero-order valence-corrected chi connectivity index (χ0v) is 63.8. The molecule has 0 spiro atoms. The van der Waals surface area contributed by atoms with Gasteiger partial charge in [0.05, 0.1) is 61.4 Å². The number of aromatic nitrogens is 2. The molecular formula is C75H113ClN14O14. The molecule has 0 aliphatic carbocycles. The van der Waals surface area contributed by atoms with Crippen LogP contribution in [-0.4, -0.2) is 213 Å². The van der Waals surface area contributed by atoms with Crippen molar-refractivity contribution in [1.29, 1.82) is 0 Å². The van der Waals surface area contributed by atoms with Crippen molar-refractivity contribution in [3.63, 3.8) is 0 Å². The van der Waals surface area contributed by atoms with Crippen LogP contribution in [0.4, 0.5) is 16.2 Å². The van der Waals surface area contributed by atoms with Gasteiger partial charge in [0.15, 0.2) is 0 Å². The molecule has 0 bridgehead atoms. The van der Waals surface area contributed by atoms with Gasteiger partial charge in [-0.3, -0.25) is 48.1 Å². The quantitative estimate of drug-likeness (QED) is 0.0178. The molecule has 1 fully saturated rings. The molecule has 2 heterocycles. The molecule has 11 atom stereocenters. The summed E-state index contributed by atoms with van der Waals surface area (Å²) in [6.45, 7) is 17.7. The Balaban J connectivity index is 1.15. The summed E-state index contributed by atoms with van der Waals surface area (Å²) in [5.74, 6) is -5.24. The van der Waals surface area contributed by atoms with E-state index in [9.17, 15) is 47.9 Å². The van der Waals surface area contributed by atoms with Crippen molar-refractivity contribution in [2.24, 2.45) is 35.3 Å². The van der Waals surface area contributed by atoms with Crippen LogP contribution >= 0.6 is 11.6 Å². The van der Waals surface area contributed by atoms with Gasteiger partial charge in [0.25, 0.3) is 0 Å². The number of urea groups is 1. The SMILES string of the molecule is CC[C@H](C)[C@@H]([C@@H](CC(=O)N1CCC[C@H]1[C@H](OC)[C@@H](C)C(=O)N[C@@H](Cc1ccccc1)C(=O)NCc1ccc(NC(=O)[C@H](CCCNC(N)=O)NC(=O)[C@@H](NC(=O)COCCOCCCCC(=O)Nc2ccc3ncnc(Cl)c3c2)C(C)C)cc1)OC)N(C)C(=O)[C@@H](NC(=O)[C@H](C(C)C)N(C)C)C(C)C. The van der Waals surface area contributed by atoms with Gasteiger partial charge in [0.1, 0.15) is 42.3 Å². The number of anilines is 2. The van der Waals surface area contributed by atoms with E-state index in [4.69, 9.17) is 36.3 Å². The number of primary amides is 1. The van der Waals surface area contributed by atoms with Crippen molar-refractivity contribution in [3.05, 3.63) is 95.4 Å². The topological polar surface area (TPSA) is 365 Å². The molecule has 0 saturated carbocycles. The second-order valence-electron chi connectivity index (χ2n) is 28.0. The molecule has 28 nitrogen and oxygen atoms in total. The lowest BCUT2D eigenvalue weighted by molar-refractivity contribution is -0.148. The maximum absolute atomic E-state index is 14.7. The molecule has 1 aliphatic rings. The number of ether oxygens (including phenoxy) is 4. The van der Waals surface area contributed by atoms with E-state index in [1.54, 1.807) is 80.1 Å². The summed E-state index contributed by atoms with van der Waals surface area (Å²) in [5.41, 5.74) is 8.34. The van der Waals surface area contributed by atoms with Crippen molar-refractivity contribution in [2.45, 2.75) is 188 Å². The average Bonchev–Trinajstić information content (AvgIpc) is 1.35.